The number of Topliss-reactive ketones (excluding diaryl/α,β-unsaturated/α-hetero) is 2. The fraction of sp³-hybridized carbons (Fsp3) is 0.360. The molecule has 4 rings (SSSR count). The van der Waals surface area contributed by atoms with Crippen molar-refractivity contribution in [2.24, 2.45) is 28.3 Å². The van der Waals surface area contributed by atoms with Crippen LogP contribution < -0.4 is 28.3 Å². The average Bonchev–Trinajstić information content (AvgIpc) is 2.85. The number of nitriles is 1. The maximum absolute atomic E-state index is 14.3. The molecular formula is C25H29N7O7. The molecule has 206 valence electrons. The molecule has 14 heteroatoms. The third-order valence-electron chi connectivity index (χ3n) is 8.00. The lowest BCUT2D eigenvalue weighted by Crippen LogP contribution is -2.87. The van der Waals surface area contributed by atoms with Crippen molar-refractivity contribution < 1.29 is 34.8 Å². The predicted molar refractivity (Wildman–Crippen MR) is 137 cm³/mol. The van der Waals surface area contributed by atoms with Gasteiger partial charge in [-0.3, -0.25) is 19.3 Å². The summed E-state index contributed by atoms with van der Waals surface area (Å²) in [6.45, 7) is 3.79. The third-order valence-corrected chi connectivity index (χ3v) is 8.00. The molecule has 0 saturated heterocycles. The number of aliphatic hydroxyl groups is 3. The van der Waals surface area contributed by atoms with Crippen LogP contribution >= 0.6 is 0 Å². The van der Waals surface area contributed by atoms with E-state index in [9.17, 15) is 40.1 Å². The van der Waals surface area contributed by atoms with Gasteiger partial charge in [0, 0.05) is 6.54 Å². The van der Waals surface area contributed by atoms with Crippen molar-refractivity contribution in [1.29, 1.82) is 5.26 Å². The molecule has 1 saturated carbocycles. The first-order valence-corrected chi connectivity index (χ1v) is 11.7. The number of phenols is 1. The smallest absolute Gasteiger partial charge is 0.255 e. The second kappa shape index (κ2) is 8.63. The number of ketones is 2. The molecule has 1 fully saturated rings. The molecule has 0 spiro atoms. The summed E-state index contributed by atoms with van der Waals surface area (Å²) in [6.07, 6.45) is -0.764. The largest absolute Gasteiger partial charge is 0.509 e. The van der Waals surface area contributed by atoms with E-state index in [1.165, 1.54) is 32.3 Å². The van der Waals surface area contributed by atoms with E-state index in [1.54, 1.807) is 6.07 Å². The van der Waals surface area contributed by atoms with Crippen LogP contribution in [0.25, 0.3) is 5.76 Å². The number of rotatable bonds is 5. The summed E-state index contributed by atoms with van der Waals surface area (Å²) >= 11 is 0. The van der Waals surface area contributed by atoms with Gasteiger partial charge in [-0.1, -0.05) is 12.1 Å². The summed E-state index contributed by atoms with van der Waals surface area (Å²) in [5.41, 5.74) is 14.9. The van der Waals surface area contributed by atoms with Gasteiger partial charge in [0.25, 0.3) is 5.91 Å². The van der Waals surface area contributed by atoms with Gasteiger partial charge in [-0.05, 0) is 25.7 Å². The van der Waals surface area contributed by atoms with E-state index >= 15 is 0 Å². The Bertz CT molecular complexity index is 1460. The number of phenolic OH excluding ortho intramolecular Hbond substituents is 1. The number of hydrogen-bond donors (Lipinski definition) is 9. The van der Waals surface area contributed by atoms with Crippen molar-refractivity contribution in [3.05, 3.63) is 52.8 Å². The first kappa shape index (κ1) is 27.8. The lowest BCUT2D eigenvalue weighted by Gasteiger charge is -2.62. The molecular weight excluding hydrogens is 510 g/mol. The van der Waals surface area contributed by atoms with Gasteiger partial charge < -0.3 is 48.7 Å². The number of anilines is 1. The number of hydrogen-bond acceptors (Lipinski definition) is 13. The van der Waals surface area contributed by atoms with Crippen molar-refractivity contribution in [1.82, 2.24) is 4.90 Å². The number of aliphatic hydroxyl groups excluding tert-OH is 3. The molecule has 1 amide bonds. The highest BCUT2D eigenvalue weighted by Gasteiger charge is 2.79. The van der Waals surface area contributed by atoms with Crippen LogP contribution in [0.5, 0.6) is 5.75 Å². The third kappa shape index (κ3) is 2.98. The number of likely N-dealkylation sites (N-methyl/N-ethyl adjacent to an activating group) is 1. The molecule has 0 unspecified atom stereocenters. The van der Waals surface area contributed by atoms with Crippen molar-refractivity contribution in [2.45, 2.75) is 29.3 Å². The number of aromatic hydroxyl groups is 1. The Morgan fingerprint density at radius 3 is 2.38 bits per heavy atom. The zero-order chi connectivity index (χ0) is 29.4. The number of amides is 1. The standard InChI is InChI=1S/C25H29N7O7/c1-4-7-31-10-6-5-9-11(14(10)33)15(34)13-20(37)23(8-26)19(36)12(21(28)38)16(35)18(32(2)3)25(23,30)22(39)24(13,29)17(9)27/h4-6,17-18,22,31,33-34,36,39H,1,7,27,29-30H2,2-3H3,(H2,28,38)/t17-,18+,22-,23-,24+,25-/m0/s1. The van der Waals surface area contributed by atoms with Crippen LogP contribution in [0, 0.1) is 16.7 Å². The van der Waals surface area contributed by atoms with E-state index in [-0.39, 0.29) is 23.4 Å². The summed E-state index contributed by atoms with van der Waals surface area (Å²) < 4.78 is 0. The zero-order valence-corrected chi connectivity index (χ0v) is 21.1. The van der Waals surface area contributed by atoms with Crippen LogP contribution in [0.1, 0.15) is 17.2 Å². The number of nitrogens with two attached hydrogens (primary N) is 4. The molecule has 0 heterocycles. The number of carbonyl (C=O) groups is 3. The Labute approximate surface area is 222 Å². The van der Waals surface area contributed by atoms with Gasteiger partial charge in [-0.2, -0.15) is 5.26 Å². The highest BCUT2D eigenvalue weighted by molar-refractivity contribution is 6.26. The number of fused-ring (bicyclic) bond motifs is 3. The molecule has 0 radical (unpaired) electrons. The van der Waals surface area contributed by atoms with E-state index in [1.807, 2.05) is 0 Å². The van der Waals surface area contributed by atoms with E-state index in [0.717, 1.165) is 4.90 Å². The van der Waals surface area contributed by atoms with Crippen LogP contribution in [0.2, 0.25) is 0 Å². The van der Waals surface area contributed by atoms with Gasteiger partial charge in [0.15, 0.2) is 17.0 Å². The van der Waals surface area contributed by atoms with Crippen molar-refractivity contribution in [3.63, 3.8) is 0 Å². The van der Waals surface area contributed by atoms with Crippen molar-refractivity contribution >= 4 is 28.9 Å². The number of carbonyl (C=O) groups excluding carboxylic acids is 3. The Balaban J connectivity index is 2.17. The molecule has 14 nitrogen and oxygen atoms in total. The maximum atomic E-state index is 14.3. The highest BCUT2D eigenvalue weighted by Crippen LogP contribution is 2.60. The Hall–Kier alpha value is -4.26. The molecule has 1 aromatic carbocycles. The SMILES string of the molecule is C=CCNc1ccc2c(c1O)C(O)=C1C(=O)[C@]3(C#N)C(O)=C(C(N)=O)C(=O)[C@@H](N(C)C)[C@]3(N)[C@@H](O)[C@]1(N)[C@H]2N. The molecule has 6 atom stereocenters. The highest BCUT2D eigenvalue weighted by atomic mass is 16.3. The minimum absolute atomic E-state index is 0.0152. The molecule has 0 bridgehead atoms. The summed E-state index contributed by atoms with van der Waals surface area (Å²) in [7, 11) is 2.66. The summed E-state index contributed by atoms with van der Waals surface area (Å²) in [4.78, 5) is 41.1. The fourth-order valence-corrected chi connectivity index (χ4v) is 6.20. The first-order valence-electron chi connectivity index (χ1n) is 11.7. The van der Waals surface area contributed by atoms with Gasteiger partial charge in [-0.25, -0.2) is 0 Å². The minimum atomic E-state index is -3.03. The Morgan fingerprint density at radius 1 is 1.26 bits per heavy atom. The van der Waals surface area contributed by atoms with Gasteiger partial charge in [0.1, 0.15) is 34.5 Å². The van der Waals surface area contributed by atoms with Gasteiger partial charge >= 0.3 is 0 Å². The molecule has 3 aliphatic rings. The molecule has 0 aromatic heterocycles. The van der Waals surface area contributed by atoms with E-state index in [0.29, 0.717) is 0 Å². The normalized spacial score (nSPS) is 33.7. The fourth-order valence-electron chi connectivity index (χ4n) is 6.20. The number of primary amides is 1. The monoisotopic (exact) mass is 539 g/mol. The van der Waals surface area contributed by atoms with Gasteiger partial charge in [0.05, 0.1) is 40.5 Å². The summed E-state index contributed by atoms with van der Waals surface area (Å²) in [5.74, 6) is -6.91. The molecule has 0 aliphatic heterocycles. The minimum Gasteiger partial charge on any atom is -0.509 e. The molecule has 39 heavy (non-hydrogen) atoms. The number of benzene rings is 1. The van der Waals surface area contributed by atoms with Crippen molar-refractivity contribution in [2.75, 3.05) is 26.0 Å². The van der Waals surface area contributed by atoms with E-state index < -0.39 is 80.6 Å². The average molecular weight is 540 g/mol. The van der Waals surface area contributed by atoms with Crippen molar-refractivity contribution in [3.8, 4) is 11.8 Å². The second-order valence-corrected chi connectivity index (χ2v) is 10.1. The summed E-state index contributed by atoms with van der Waals surface area (Å²) in [5, 5.41) is 58.7. The Kier molecular flexibility index (Phi) is 6.14. The lowest BCUT2D eigenvalue weighted by atomic mass is 9.45. The lowest BCUT2D eigenvalue weighted by molar-refractivity contribution is -0.153. The topological polar surface area (TPSA) is 275 Å². The number of nitrogens with zero attached hydrogens (tertiary/aromatic N) is 2. The van der Waals surface area contributed by atoms with Crippen LogP contribution in [0.15, 0.2) is 41.7 Å². The predicted octanol–water partition coefficient (Wildman–Crippen LogP) is -2.07. The molecule has 1 aromatic rings. The van der Waals surface area contributed by atoms with Crippen LogP contribution in [0.4, 0.5) is 5.69 Å². The Morgan fingerprint density at radius 2 is 1.87 bits per heavy atom. The maximum Gasteiger partial charge on any atom is 0.255 e. The van der Waals surface area contributed by atoms with Crippen LogP contribution in [-0.2, 0) is 14.4 Å². The zero-order valence-electron chi connectivity index (χ0n) is 21.1. The number of nitrogens with one attached hydrogen (secondary N) is 1. The first-order chi connectivity index (χ1) is 18.1. The van der Waals surface area contributed by atoms with Crippen LogP contribution in [0.3, 0.4) is 0 Å². The second-order valence-electron chi connectivity index (χ2n) is 10.1. The van der Waals surface area contributed by atoms with Crippen LogP contribution in [-0.4, -0.2) is 86.7 Å². The molecule has 3 aliphatic carbocycles. The molecule has 13 N–H and O–H groups in total. The summed E-state index contributed by atoms with van der Waals surface area (Å²) in [6, 6.07) is 1.09. The van der Waals surface area contributed by atoms with Gasteiger partial charge in [0.2, 0.25) is 0 Å². The quantitative estimate of drug-likeness (QED) is 0.111. The van der Waals surface area contributed by atoms with E-state index in [4.69, 9.17) is 22.9 Å². The van der Waals surface area contributed by atoms with E-state index in [2.05, 4.69) is 11.9 Å². The van der Waals surface area contributed by atoms with Gasteiger partial charge in [-0.15, -0.1) is 6.58 Å².